The van der Waals surface area contributed by atoms with E-state index in [1.807, 2.05) is 6.07 Å². The van der Waals surface area contributed by atoms with Crippen molar-refractivity contribution in [2.24, 2.45) is 0 Å². The van der Waals surface area contributed by atoms with E-state index in [0.29, 0.717) is 0 Å². The summed E-state index contributed by atoms with van der Waals surface area (Å²) >= 11 is 1.79. The SMILES string of the molecule is CC1(C)c2ccccc2-c2cc3c(cc21)-c1ccc(-c2ccc(-c4nc(-c5ccccc5)nc5c4sc4ccccc45)cc2)cc1C31CCCCC1. The second kappa shape index (κ2) is 11.1. The van der Waals surface area contributed by atoms with Crippen molar-refractivity contribution in [1.29, 1.82) is 0 Å². The van der Waals surface area contributed by atoms with Crippen LogP contribution in [0.2, 0.25) is 0 Å². The summed E-state index contributed by atoms with van der Waals surface area (Å²) in [7, 11) is 0. The van der Waals surface area contributed by atoms with E-state index in [4.69, 9.17) is 9.97 Å². The average Bonchev–Trinajstić information content (AvgIpc) is 3.78. The molecule has 2 aromatic heterocycles. The molecule has 2 nitrogen and oxygen atoms in total. The van der Waals surface area contributed by atoms with Crippen molar-refractivity contribution in [2.75, 3.05) is 0 Å². The molecule has 6 aromatic carbocycles. The van der Waals surface area contributed by atoms with Crippen molar-refractivity contribution in [2.45, 2.75) is 56.8 Å². The fourth-order valence-electron chi connectivity index (χ4n) is 9.88. The largest absolute Gasteiger partial charge is 0.226 e. The lowest BCUT2D eigenvalue weighted by molar-refractivity contribution is 0.353. The molecule has 52 heavy (non-hydrogen) atoms. The molecule has 8 aromatic rings. The molecule has 0 saturated heterocycles. The van der Waals surface area contributed by atoms with Gasteiger partial charge in [-0.25, -0.2) is 9.97 Å². The molecule has 0 atom stereocenters. The van der Waals surface area contributed by atoms with Crippen LogP contribution in [0.4, 0.5) is 0 Å². The van der Waals surface area contributed by atoms with Crippen LogP contribution in [0.1, 0.15) is 68.2 Å². The van der Waals surface area contributed by atoms with Gasteiger partial charge in [0.1, 0.15) is 0 Å². The van der Waals surface area contributed by atoms with Crippen LogP contribution in [0.3, 0.4) is 0 Å². The average molecular weight is 687 g/mol. The monoisotopic (exact) mass is 686 g/mol. The van der Waals surface area contributed by atoms with E-state index in [9.17, 15) is 0 Å². The van der Waals surface area contributed by atoms with Crippen LogP contribution in [0.25, 0.3) is 76.3 Å². The summed E-state index contributed by atoms with van der Waals surface area (Å²) in [6.45, 7) is 4.80. The fraction of sp³-hybridized carbons (Fsp3) is 0.184. The third-order valence-corrected chi connectivity index (χ3v) is 13.7. The number of nitrogens with zero attached hydrogens (tertiary/aromatic N) is 2. The Balaban J connectivity index is 1.03. The number of hydrogen-bond acceptors (Lipinski definition) is 3. The standard InChI is InChI=1S/C49H38N2S/c1-48(2)39-17-9-7-15-34(39)37-29-42-38(28-40(37)48)35-24-23-33(27-41(35)49(42)25-11-4-12-26-49)30-19-21-31(22-20-30)44-46-45(36-16-8-10-18-43(36)52-46)51-47(50-44)32-13-5-3-6-14-32/h3,5-10,13-24,27-29H,4,11-12,25-26H2,1-2H3. The zero-order valence-corrected chi connectivity index (χ0v) is 30.4. The van der Waals surface area contributed by atoms with Gasteiger partial charge in [0.25, 0.3) is 0 Å². The first-order chi connectivity index (χ1) is 25.5. The van der Waals surface area contributed by atoms with E-state index < -0.39 is 0 Å². The molecule has 1 spiro atoms. The van der Waals surface area contributed by atoms with Gasteiger partial charge in [0.05, 0.1) is 15.9 Å². The number of aromatic nitrogens is 2. The number of benzene rings is 6. The van der Waals surface area contributed by atoms with E-state index in [2.05, 4.69) is 141 Å². The lowest BCUT2D eigenvalue weighted by Crippen LogP contribution is -2.28. The first kappa shape index (κ1) is 30.3. The molecule has 0 bridgehead atoms. The van der Waals surface area contributed by atoms with Gasteiger partial charge in [0.2, 0.25) is 0 Å². The first-order valence-corrected chi connectivity index (χ1v) is 19.6. The smallest absolute Gasteiger partial charge is 0.160 e. The Labute approximate surface area is 308 Å². The quantitative estimate of drug-likeness (QED) is 0.185. The molecule has 1 fully saturated rings. The second-order valence-electron chi connectivity index (χ2n) is 15.6. The predicted molar refractivity (Wildman–Crippen MR) is 218 cm³/mol. The summed E-state index contributed by atoms with van der Waals surface area (Å²) in [5, 5.41) is 1.19. The van der Waals surface area contributed by atoms with Crippen LogP contribution in [-0.2, 0) is 10.8 Å². The lowest BCUT2D eigenvalue weighted by atomic mass is 9.67. The zero-order valence-electron chi connectivity index (χ0n) is 29.5. The van der Waals surface area contributed by atoms with Crippen molar-refractivity contribution in [3.05, 3.63) is 156 Å². The van der Waals surface area contributed by atoms with Gasteiger partial charge in [-0.3, -0.25) is 0 Å². The van der Waals surface area contributed by atoms with Gasteiger partial charge in [-0.1, -0.05) is 142 Å². The van der Waals surface area contributed by atoms with E-state index in [1.165, 1.54) is 92.3 Å². The molecule has 250 valence electrons. The van der Waals surface area contributed by atoms with E-state index in [1.54, 1.807) is 16.9 Å². The van der Waals surface area contributed by atoms with Gasteiger partial charge >= 0.3 is 0 Å². The van der Waals surface area contributed by atoms with Crippen LogP contribution in [0.15, 0.2) is 133 Å². The van der Waals surface area contributed by atoms with Gasteiger partial charge < -0.3 is 0 Å². The Kier molecular flexibility index (Phi) is 6.44. The number of fused-ring (bicyclic) bond motifs is 11. The fourth-order valence-corrected chi connectivity index (χ4v) is 11.0. The van der Waals surface area contributed by atoms with Crippen LogP contribution in [0.5, 0.6) is 0 Å². The summed E-state index contributed by atoms with van der Waals surface area (Å²) in [6, 6.07) is 49.6. The molecule has 11 rings (SSSR count). The summed E-state index contributed by atoms with van der Waals surface area (Å²) in [4.78, 5) is 10.3. The third-order valence-electron chi connectivity index (χ3n) is 12.5. The Bertz CT molecular complexity index is 2730. The summed E-state index contributed by atoms with van der Waals surface area (Å²) in [5.74, 6) is 0.768. The highest BCUT2D eigenvalue weighted by Crippen LogP contribution is 2.60. The maximum absolute atomic E-state index is 5.22. The van der Waals surface area contributed by atoms with Crippen LogP contribution in [0, 0.1) is 0 Å². The number of rotatable bonds is 3. The maximum Gasteiger partial charge on any atom is 0.160 e. The molecule has 3 heteroatoms. The van der Waals surface area contributed by atoms with Crippen LogP contribution < -0.4 is 0 Å². The molecule has 0 N–H and O–H groups in total. The third kappa shape index (κ3) is 4.23. The Hall–Kier alpha value is -5.38. The Morgan fingerprint density at radius 2 is 1.15 bits per heavy atom. The molecule has 3 aliphatic rings. The minimum absolute atomic E-state index is 0.00191. The maximum atomic E-state index is 5.22. The molecule has 1 saturated carbocycles. The second-order valence-corrected chi connectivity index (χ2v) is 16.7. The normalized spacial score (nSPS) is 16.2. The summed E-state index contributed by atoms with van der Waals surface area (Å²) < 4.78 is 2.38. The molecule has 3 aliphatic carbocycles. The highest BCUT2D eigenvalue weighted by atomic mass is 32.1. The zero-order chi connectivity index (χ0) is 34.6. The van der Waals surface area contributed by atoms with Crippen molar-refractivity contribution in [3.63, 3.8) is 0 Å². The van der Waals surface area contributed by atoms with Gasteiger partial charge in [-0.2, -0.15) is 0 Å². The van der Waals surface area contributed by atoms with Crippen LogP contribution in [-0.4, -0.2) is 9.97 Å². The van der Waals surface area contributed by atoms with Gasteiger partial charge in [0.15, 0.2) is 5.82 Å². The summed E-state index contributed by atoms with van der Waals surface area (Å²) in [5.41, 5.74) is 18.6. The first-order valence-electron chi connectivity index (χ1n) is 18.8. The molecule has 2 heterocycles. The van der Waals surface area contributed by atoms with E-state index >= 15 is 0 Å². The van der Waals surface area contributed by atoms with E-state index in [-0.39, 0.29) is 10.8 Å². The molecule has 0 aliphatic heterocycles. The number of thiophene rings is 1. The van der Waals surface area contributed by atoms with Crippen molar-refractivity contribution in [1.82, 2.24) is 9.97 Å². The van der Waals surface area contributed by atoms with Crippen molar-refractivity contribution < 1.29 is 0 Å². The minimum Gasteiger partial charge on any atom is -0.226 e. The lowest BCUT2D eigenvalue weighted by Gasteiger charge is -2.36. The Morgan fingerprint density at radius 3 is 2.00 bits per heavy atom. The molecule has 0 radical (unpaired) electrons. The predicted octanol–water partition coefficient (Wildman–Crippen LogP) is 13.4. The molecular formula is C49H38N2S. The van der Waals surface area contributed by atoms with Crippen molar-refractivity contribution in [3.8, 4) is 56.0 Å². The highest BCUT2D eigenvalue weighted by Gasteiger charge is 2.46. The van der Waals surface area contributed by atoms with Gasteiger partial charge in [-0.15, -0.1) is 11.3 Å². The molecule has 0 amide bonds. The molecular weight excluding hydrogens is 649 g/mol. The van der Waals surface area contributed by atoms with Gasteiger partial charge in [-0.05, 0) is 92.7 Å². The van der Waals surface area contributed by atoms with Crippen molar-refractivity contribution >= 4 is 31.6 Å². The highest BCUT2D eigenvalue weighted by molar-refractivity contribution is 7.26. The number of hydrogen-bond donors (Lipinski definition) is 0. The van der Waals surface area contributed by atoms with Crippen LogP contribution >= 0.6 is 11.3 Å². The summed E-state index contributed by atoms with van der Waals surface area (Å²) in [6.07, 6.45) is 6.35. The topological polar surface area (TPSA) is 25.8 Å². The molecule has 0 unspecified atom stereocenters. The minimum atomic E-state index is -0.00191. The van der Waals surface area contributed by atoms with E-state index in [0.717, 1.165) is 32.9 Å². The Morgan fingerprint density at radius 1 is 0.500 bits per heavy atom. The van der Waals surface area contributed by atoms with Gasteiger partial charge in [0, 0.05) is 32.0 Å².